The van der Waals surface area contributed by atoms with Crippen LogP contribution in [0.5, 0.6) is 0 Å². The molecule has 0 aromatic carbocycles. The Morgan fingerprint density at radius 3 is 2.92 bits per heavy atom. The molecule has 0 bridgehead atoms. The quantitative estimate of drug-likeness (QED) is 0.635. The van der Waals surface area contributed by atoms with Gasteiger partial charge in [-0.25, -0.2) is 0 Å². The Hall–Kier alpha value is -1.71. The predicted molar refractivity (Wildman–Crippen MR) is 42.3 cm³/mol. The fourth-order valence-corrected chi connectivity index (χ4v) is 0.971. The first-order valence-corrected chi connectivity index (χ1v) is 3.54. The van der Waals surface area contributed by atoms with Gasteiger partial charge in [-0.3, -0.25) is 4.98 Å². The molecule has 0 spiro atoms. The van der Waals surface area contributed by atoms with Crippen LogP contribution in [0.4, 0.5) is 0 Å². The molecule has 0 unspecified atom stereocenters. The van der Waals surface area contributed by atoms with Gasteiger partial charge >= 0.3 is 0 Å². The monoisotopic (exact) mass is 161 g/mol. The summed E-state index contributed by atoms with van der Waals surface area (Å²) < 4.78 is 5.01. The summed E-state index contributed by atoms with van der Waals surface area (Å²) in [5.41, 5.74) is 1.93. The van der Waals surface area contributed by atoms with Crippen LogP contribution in [-0.4, -0.2) is 15.2 Å². The minimum Gasteiger partial charge on any atom is -0.423 e. The van der Waals surface area contributed by atoms with Crippen molar-refractivity contribution >= 4 is 0 Å². The third-order valence-electron chi connectivity index (χ3n) is 1.48. The van der Waals surface area contributed by atoms with Crippen molar-refractivity contribution in [2.75, 3.05) is 0 Å². The van der Waals surface area contributed by atoms with Crippen LogP contribution >= 0.6 is 0 Å². The van der Waals surface area contributed by atoms with E-state index in [2.05, 4.69) is 15.2 Å². The molecule has 0 aliphatic rings. The molecule has 0 fully saturated rings. The third kappa shape index (κ3) is 1.18. The summed E-state index contributed by atoms with van der Waals surface area (Å²) in [4.78, 5) is 4.01. The van der Waals surface area contributed by atoms with Crippen LogP contribution in [0.2, 0.25) is 0 Å². The first-order valence-electron chi connectivity index (χ1n) is 3.54. The number of aryl methyl sites for hydroxylation is 1. The van der Waals surface area contributed by atoms with Gasteiger partial charge in [-0.2, -0.15) is 0 Å². The van der Waals surface area contributed by atoms with E-state index in [1.807, 2.05) is 13.0 Å². The average molecular weight is 161 g/mol. The number of pyridine rings is 1. The summed E-state index contributed by atoms with van der Waals surface area (Å²) in [5.74, 6) is 0.506. The van der Waals surface area contributed by atoms with Gasteiger partial charge in [0.1, 0.15) is 0 Å². The molecule has 12 heavy (non-hydrogen) atoms. The van der Waals surface area contributed by atoms with Gasteiger partial charge in [0, 0.05) is 12.4 Å². The average Bonchev–Trinajstić information content (AvgIpc) is 2.56. The Balaban J connectivity index is 2.48. The SMILES string of the molecule is Cc1cncc(-c2nnco2)c1. The fourth-order valence-electron chi connectivity index (χ4n) is 0.971. The molecule has 2 rings (SSSR count). The second-order valence-corrected chi connectivity index (χ2v) is 2.49. The second kappa shape index (κ2) is 2.73. The summed E-state index contributed by atoms with van der Waals surface area (Å²) >= 11 is 0. The molecule has 2 aromatic heterocycles. The molecular formula is C8H7N3O. The van der Waals surface area contributed by atoms with Crippen LogP contribution in [-0.2, 0) is 0 Å². The van der Waals surface area contributed by atoms with Gasteiger partial charge in [0.2, 0.25) is 12.3 Å². The summed E-state index contributed by atoms with van der Waals surface area (Å²) in [5, 5.41) is 7.35. The minimum atomic E-state index is 0.506. The lowest BCUT2D eigenvalue weighted by atomic mass is 10.2. The number of aromatic nitrogens is 3. The van der Waals surface area contributed by atoms with Crippen LogP contribution in [0.1, 0.15) is 5.56 Å². The lowest BCUT2D eigenvalue weighted by molar-refractivity contribution is 0.568. The second-order valence-electron chi connectivity index (χ2n) is 2.49. The largest absolute Gasteiger partial charge is 0.423 e. The first kappa shape index (κ1) is 6.97. The van der Waals surface area contributed by atoms with Crippen molar-refractivity contribution in [3.05, 3.63) is 30.4 Å². The van der Waals surface area contributed by atoms with Crippen molar-refractivity contribution in [3.8, 4) is 11.5 Å². The van der Waals surface area contributed by atoms with Crippen molar-refractivity contribution in [3.63, 3.8) is 0 Å². The van der Waals surface area contributed by atoms with Crippen LogP contribution < -0.4 is 0 Å². The van der Waals surface area contributed by atoms with Crippen molar-refractivity contribution in [1.82, 2.24) is 15.2 Å². The third-order valence-corrected chi connectivity index (χ3v) is 1.48. The molecule has 2 heterocycles. The lowest BCUT2D eigenvalue weighted by Gasteiger charge is -1.93. The molecule has 60 valence electrons. The van der Waals surface area contributed by atoms with Crippen molar-refractivity contribution in [1.29, 1.82) is 0 Å². The van der Waals surface area contributed by atoms with Gasteiger partial charge in [-0.1, -0.05) is 0 Å². The lowest BCUT2D eigenvalue weighted by Crippen LogP contribution is -1.81. The van der Waals surface area contributed by atoms with E-state index < -0.39 is 0 Å². The Labute approximate surface area is 69.3 Å². The highest BCUT2D eigenvalue weighted by molar-refractivity contribution is 5.51. The van der Waals surface area contributed by atoms with Crippen LogP contribution in [0.25, 0.3) is 11.5 Å². The van der Waals surface area contributed by atoms with E-state index in [1.165, 1.54) is 6.39 Å². The Bertz CT molecular complexity index is 370. The first-order chi connectivity index (χ1) is 5.86. The molecule has 0 amide bonds. The highest BCUT2D eigenvalue weighted by Crippen LogP contribution is 2.14. The molecule has 0 atom stereocenters. The van der Waals surface area contributed by atoms with Crippen LogP contribution in [0.3, 0.4) is 0 Å². The standard InChI is InChI=1S/C8H7N3O/c1-6-2-7(4-9-3-6)8-11-10-5-12-8/h2-5H,1H3. The number of hydrogen-bond acceptors (Lipinski definition) is 4. The molecule has 0 saturated heterocycles. The zero-order valence-corrected chi connectivity index (χ0v) is 6.56. The van der Waals surface area contributed by atoms with Gasteiger partial charge in [-0.15, -0.1) is 10.2 Å². The Morgan fingerprint density at radius 2 is 2.25 bits per heavy atom. The van der Waals surface area contributed by atoms with E-state index in [1.54, 1.807) is 12.4 Å². The number of nitrogens with zero attached hydrogens (tertiary/aromatic N) is 3. The molecule has 0 N–H and O–H groups in total. The van der Waals surface area contributed by atoms with Gasteiger partial charge < -0.3 is 4.42 Å². The molecule has 0 aliphatic heterocycles. The number of hydrogen-bond donors (Lipinski definition) is 0. The molecule has 2 aromatic rings. The van der Waals surface area contributed by atoms with Crippen molar-refractivity contribution in [2.45, 2.75) is 6.92 Å². The Morgan fingerprint density at radius 1 is 1.33 bits per heavy atom. The predicted octanol–water partition coefficient (Wildman–Crippen LogP) is 1.44. The van der Waals surface area contributed by atoms with Crippen LogP contribution in [0.15, 0.2) is 29.3 Å². The summed E-state index contributed by atoms with van der Waals surface area (Å²) in [7, 11) is 0. The topological polar surface area (TPSA) is 51.8 Å². The normalized spacial score (nSPS) is 10.1. The Kier molecular flexibility index (Phi) is 1.59. The fraction of sp³-hybridized carbons (Fsp3) is 0.125. The van der Waals surface area contributed by atoms with Gasteiger partial charge in [0.15, 0.2) is 0 Å². The molecular weight excluding hydrogens is 154 g/mol. The van der Waals surface area contributed by atoms with Gasteiger partial charge in [0.25, 0.3) is 0 Å². The molecule has 0 saturated carbocycles. The highest BCUT2D eigenvalue weighted by Gasteiger charge is 2.02. The van der Waals surface area contributed by atoms with Gasteiger partial charge in [-0.05, 0) is 18.6 Å². The van der Waals surface area contributed by atoms with Crippen LogP contribution in [0, 0.1) is 6.92 Å². The molecule has 4 heteroatoms. The van der Waals surface area contributed by atoms with E-state index in [9.17, 15) is 0 Å². The van der Waals surface area contributed by atoms with E-state index in [0.29, 0.717) is 5.89 Å². The summed E-state index contributed by atoms with van der Waals surface area (Å²) in [6, 6.07) is 1.94. The van der Waals surface area contributed by atoms with E-state index >= 15 is 0 Å². The molecule has 0 radical (unpaired) electrons. The maximum absolute atomic E-state index is 5.01. The summed E-state index contributed by atoms with van der Waals surface area (Å²) in [6.07, 6.45) is 4.78. The van der Waals surface area contributed by atoms with E-state index in [0.717, 1.165) is 11.1 Å². The zero-order valence-electron chi connectivity index (χ0n) is 6.56. The van der Waals surface area contributed by atoms with Crippen molar-refractivity contribution in [2.24, 2.45) is 0 Å². The summed E-state index contributed by atoms with van der Waals surface area (Å²) in [6.45, 7) is 1.97. The van der Waals surface area contributed by atoms with Gasteiger partial charge in [0.05, 0.1) is 5.56 Å². The number of rotatable bonds is 1. The highest BCUT2D eigenvalue weighted by atomic mass is 16.4. The smallest absolute Gasteiger partial charge is 0.248 e. The van der Waals surface area contributed by atoms with Crippen molar-refractivity contribution < 1.29 is 4.42 Å². The molecule has 0 aliphatic carbocycles. The van der Waals surface area contributed by atoms with E-state index in [4.69, 9.17) is 4.42 Å². The van der Waals surface area contributed by atoms with E-state index in [-0.39, 0.29) is 0 Å². The maximum Gasteiger partial charge on any atom is 0.248 e. The molecule has 4 nitrogen and oxygen atoms in total. The maximum atomic E-state index is 5.01. The zero-order chi connectivity index (χ0) is 8.39. The minimum absolute atomic E-state index is 0.506.